The molecule has 8 aromatic rings. The van der Waals surface area contributed by atoms with Crippen LogP contribution in [0.1, 0.15) is 69.1 Å². The van der Waals surface area contributed by atoms with Crippen LogP contribution in [0.3, 0.4) is 0 Å². The lowest BCUT2D eigenvalue weighted by molar-refractivity contribution is -0.00518. The lowest BCUT2D eigenvalue weighted by Crippen LogP contribution is -2.48. The van der Waals surface area contributed by atoms with Gasteiger partial charge in [0.25, 0.3) is 0 Å². The molecular formula is C62H57N. The number of hydrogen-bond donors (Lipinski definition) is 0. The Labute approximate surface area is 375 Å². The van der Waals surface area contributed by atoms with Crippen LogP contribution in [-0.2, 0) is 18.3 Å². The molecule has 4 bridgehead atoms. The van der Waals surface area contributed by atoms with Gasteiger partial charge >= 0.3 is 0 Å². The second-order valence-electron chi connectivity index (χ2n) is 18.9. The van der Waals surface area contributed by atoms with E-state index in [1.54, 1.807) is 5.56 Å². The summed E-state index contributed by atoms with van der Waals surface area (Å²) in [5, 5.41) is 0. The highest BCUT2D eigenvalue weighted by Gasteiger charge is 2.51. The molecule has 0 radical (unpaired) electrons. The second kappa shape index (κ2) is 16.7. The molecule has 4 saturated carbocycles. The maximum Gasteiger partial charge on any atom is 0.0618 e. The van der Waals surface area contributed by atoms with Gasteiger partial charge in [0.05, 0.1) is 5.69 Å². The van der Waals surface area contributed by atoms with Crippen LogP contribution >= 0.6 is 0 Å². The fourth-order valence-electron chi connectivity index (χ4n) is 12.4. The summed E-state index contributed by atoms with van der Waals surface area (Å²) in [6.45, 7) is 4.56. The van der Waals surface area contributed by atoms with E-state index in [-0.39, 0.29) is 0 Å². The normalized spacial score (nSPS) is 19.9. The first-order valence-electron chi connectivity index (χ1n) is 23.6. The molecule has 4 aliphatic carbocycles. The first kappa shape index (κ1) is 39.4. The molecule has 4 fully saturated rings. The molecule has 0 spiro atoms. The smallest absolute Gasteiger partial charge is 0.0618 e. The molecule has 0 saturated heterocycles. The zero-order valence-corrected chi connectivity index (χ0v) is 36.8. The molecule has 8 aromatic carbocycles. The van der Waals surface area contributed by atoms with Crippen molar-refractivity contribution in [1.29, 1.82) is 0 Å². The molecule has 0 aromatic heterocycles. The molecule has 63 heavy (non-hydrogen) atoms. The van der Waals surface area contributed by atoms with Gasteiger partial charge in [0, 0.05) is 22.5 Å². The summed E-state index contributed by atoms with van der Waals surface area (Å²) >= 11 is 0. The van der Waals surface area contributed by atoms with Gasteiger partial charge in [-0.25, -0.2) is 0 Å². The Morgan fingerprint density at radius 1 is 0.381 bits per heavy atom. The van der Waals surface area contributed by atoms with E-state index in [0.29, 0.717) is 5.41 Å². The van der Waals surface area contributed by atoms with Crippen LogP contribution in [0.2, 0.25) is 0 Å². The molecule has 0 aliphatic heterocycles. The van der Waals surface area contributed by atoms with Crippen LogP contribution in [0.15, 0.2) is 194 Å². The van der Waals surface area contributed by atoms with Gasteiger partial charge in [-0.05, 0) is 172 Å². The Hall–Kier alpha value is -6.44. The summed E-state index contributed by atoms with van der Waals surface area (Å²) in [7, 11) is 0. The number of benzene rings is 8. The van der Waals surface area contributed by atoms with Crippen molar-refractivity contribution in [2.45, 2.75) is 70.6 Å². The number of aryl methyl sites for hydroxylation is 2. The van der Waals surface area contributed by atoms with Crippen molar-refractivity contribution in [1.82, 2.24) is 0 Å². The minimum atomic E-state index is 0.409. The average Bonchev–Trinajstić information content (AvgIpc) is 3.34. The predicted octanol–water partition coefficient (Wildman–Crippen LogP) is 17.1. The maximum atomic E-state index is 2.54. The van der Waals surface area contributed by atoms with Crippen LogP contribution in [0.4, 0.5) is 17.1 Å². The van der Waals surface area contributed by atoms with E-state index in [9.17, 15) is 0 Å². The molecular weight excluding hydrogens is 759 g/mol. The largest absolute Gasteiger partial charge is 0.309 e. The van der Waals surface area contributed by atoms with E-state index in [4.69, 9.17) is 0 Å². The zero-order chi connectivity index (χ0) is 42.3. The molecule has 0 N–H and O–H groups in total. The quantitative estimate of drug-likeness (QED) is 0.126. The fourth-order valence-corrected chi connectivity index (χ4v) is 12.4. The highest BCUT2D eigenvalue weighted by atomic mass is 15.1. The van der Waals surface area contributed by atoms with Gasteiger partial charge < -0.3 is 4.90 Å². The minimum absolute atomic E-state index is 0.409. The Morgan fingerprint density at radius 2 is 0.825 bits per heavy atom. The van der Waals surface area contributed by atoms with E-state index in [2.05, 4.69) is 213 Å². The molecule has 4 aliphatic rings. The first-order chi connectivity index (χ1) is 31.1. The molecule has 0 amide bonds. The van der Waals surface area contributed by atoms with Gasteiger partial charge in [0.15, 0.2) is 0 Å². The third-order valence-electron chi connectivity index (χ3n) is 15.0. The van der Waals surface area contributed by atoms with Crippen LogP contribution in [0.25, 0.3) is 55.6 Å². The van der Waals surface area contributed by atoms with Crippen LogP contribution in [0.5, 0.6) is 0 Å². The lowest BCUT2D eigenvalue weighted by Gasteiger charge is -2.57. The molecule has 12 rings (SSSR count). The van der Waals surface area contributed by atoms with Gasteiger partial charge in [-0.15, -0.1) is 0 Å². The lowest BCUT2D eigenvalue weighted by atomic mass is 9.48. The topological polar surface area (TPSA) is 3.24 Å². The summed E-state index contributed by atoms with van der Waals surface area (Å²) in [6.07, 6.45) is 10.6. The Bertz CT molecular complexity index is 2760. The van der Waals surface area contributed by atoms with E-state index in [1.165, 1.54) is 111 Å². The summed E-state index contributed by atoms with van der Waals surface area (Å²) in [5.41, 5.74) is 20.5. The van der Waals surface area contributed by atoms with Crippen LogP contribution in [0, 0.1) is 17.8 Å². The summed E-state index contributed by atoms with van der Waals surface area (Å²) in [4.78, 5) is 2.54. The average molecular weight is 816 g/mol. The number of rotatable bonds is 11. The van der Waals surface area contributed by atoms with E-state index >= 15 is 0 Å². The zero-order valence-electron chi connectivity index (χ0n) is 36.8. The van der Waals surface area contributed by atoms with Crippen molar-refractivity contribution in [3.8, 4) is 55.6 Å². The van der Waals surface area contributed by atoms with Gasteiger partial charge in [-0.2, -0.15) is 0 Å². The van der Waals surface area contributed by atoms with E-state index in [0.717, 1.165) is 42.0 Å². The van der Waals surface area contributed by atoms with Crippen molar-refractivity contribution in [2.75, 3.05) is 4.90 Å². The Morgan fingerprint density at radius 3 is 1.37 bits per heavy atom. The molecule has 1 nitrogen and oxygen atoms in total. The van der Waals surface area contributed by atoms with Crippen molar-refractivity contribution >= 4 is 17.1 Å². The standard InChI is InChI=1S/C62H57N/c1-3-46-16-14-15-23-57(46)58-33-32-56(37-47(58)4-2)63(55-30-26-50(27-31-55)49-24-28-54(29-25-49)62-40-43-34-44(41-62)36-45(35-43)42-62)61-59(51-19-10-6-11-20-51)38-53(48-17-8-5-9-18-48)39-60(61)52-21-12-7-13-22-52/h5-33,37-39,43-45H,3-4,34-36,40-42H2,1-2H3. The van der Waals surface area contributed by atoms with Gasteiger partial charge in [0.2, 0.25) is 0 Å². The monoisotopic (exact) mass is 815 g/mol. The summed E-state index contributed by atoms with van der Waals surface area (Å²) in [5.74, 6) is 2.84. The first-order valence-corrected chi connectivity index (χ1v) is 23.6. The highest BCUT2D eigenvalue weighted by molar-refractivity contribution is 6.00. The van der Waals surface area contributed by atoms with E-state index in [1.807, 2.05) is 0 Å². The number of anilines is 3. The van der Waals surface area contributed by atoms with Crippen molar-refractivity contribution in [3.63, 3.8) is 0 Å². The Kier molecular flexibility index (Phi) is 10.4. The minimum Gasteiger partial charge on any atom is -0.309 e. The molecule has 0 atom stereocenters. The summed E-state index contributed by atoms with van der Waals surface area (Å²) < 4.78 is 0. The fraction of sp³-hybridized carbons (Fsp3) is 0.226. The summed E-state index contributed by atoms with van der Waals surface area (Å²) in [6, 6.07) is 72.9. The van der Waals surface area contributed by atoms with Crippen molar-refractivity contribution < 1.29 is 0 Å². The Balaban J connectivity index is 1.08. The number of nitrogens with zero attached hydrogens (tertiary/aromatic N) is 1. The van der Waals surface area contributed by atoms with Crippen molar-refractivity contribution in [2.24, 2.45) is 17.8 Å². The van der Waals surface area contributed by atoms with Crippen LogP contribution < -0.4 is 4.90 Å². The van der Waals surface area contributed by atoms with Gasteiger partial charge in [-0.3, -0.25) is 0 Å². The maximum absolute atomic E-state index is 2.54. The highest BCUT2D eigenvalue weighted by Crippen LogP contribution is 2.61. The molecule has 310 valence electrons. The van der Waals surface area contributed by atoms with E-state index < -0.39 is 0 Å². The molecule has 0 heterocycles. The predicted molar refractivity (Wildman–Crippen MR) is 267 cm³/mol. The third kappa shape index (κ3) is 7.42. The molecule has 0 unspecified atom stereocenters. The second-order valence-corrected chi connectivity index (χ2v) is 18.9. The van der Waals surface area contributed by atoms with Crippen molar-refractivity contribution in [3.05, 3.63) is 211 Å². The van der Waals surface area contributed by atoms with Gasteiger partial charge in [0.1, 0.15) is 0 Å². The third-order valence-corrected chi connectivity index (χ3v) is 15.0. The van der Waals surface area contributed by atoms with Gasteiger partial charge in [-0.1, -0.05) is 172 Å². The number of hydrogen-bond acceptors (Lipinski definition) is 1. The molecule has 1 heteroatoms. The SMILES string of the molecule is CCc1ccccc1-c1ccc(N(c2ccc(-c3ccc(C45CC6CC(CC(C6)C4)C5)cc3)cc2)c2c(-c3ccccc3)cc(-c3ccccc3)cc2-c2ccccc2)cc1CC. The van der Waals surface area contributed by atoms with Crippen LogP contribution in [-0.4, -0.2) is 0 Å².